The number of benzene rings is 2. The predicted octanol–water partition coefficient (Wildman–Crippen LogP) is 2.69. The Morgan fingerprint density at radius 2 is 1.82 bits per heavy atom. The topological polar surface area (TPSA) is 85.6 Å². The molecule has 2 aromatic rings. The molecule has 0 bridgehead atoms. The molecule has 1 aliphatic rings. The molecule has 5 heteroatoms. The molecule has 0 fully saturated rings. The summed E-state index contributed by atoms with van der Waals surface area (Å²) < 4.78 is 0. The van der Waals surface area contributed by atoms with Gasteiger partial charge in [0, 0.05) is 5.92 Å². The molecule has 2 atom stereocenters. The smallest absolute Gasteiger partial charge is 0.116 e. The van der Waals surface area contributed by atoms with E-state index in [1.807, 2.05) is 42.5 Å². The molecule has 3 rings (SSSR count). The second-order valence-corrected chi connectivity index (χ2v) is 5.52. The van der Waals surface area contributed by atoms with Gasteiger partial charge in [-0.15, -0.1) is 0 Å². The van der Waals surface area contributed by atoms with E-state index in [0.29, 0.717) is 10.6 Å². The van der Waals surface area contributed by atoms with Gasteiger partial charge < -0.3 is 11.1 Å². The van der Waals surface area contributed by atoms with Gasteiger partial charge in [-0.25, -0.2) is 0 Å². The van der Waals surface area contributed by atoms with E-state index >= 15 is 0 Å². The molecule has 0 spiro atoms. The lowest BCUT2D eigenvalue weighted by Crippen LogP contribution is -2.41. The van der Waals surface area contributed by atoms with Crippen molar-refractivity contribution in [1.82, 2.24) is 5.32 Å². The highest BCUT2D eigenvalue weighted by Crippen LogP contribution is 2.39. The third kappa shape index (κ3) is 2.09. The number of hydrogen-bond acceptors (Lipinski definition) is 4. The van der Waals surface area contributed by atoms with Gasteiger partial charge in [0.05, 0.1) is 22.7 Å². The average Bonchev–Trinajstić information content (AvgIpc) is 2.54. The monoisotopic (exact) mass is 304 g/mol. The summed E-state index contributed by atoms with van der Waals surface area (Å²) in [6.07, 6.45) is 0. The summed E-state index contributed by atoms with van der Waals surface area (Å²) in [5.41, 5.74) is 7.17. The first kappa shape index (κ1) is 14.1. The van der Waals surface area contributed by atoms with Crippen LogP contribution in [-0.2, 0) is 0 Å². The fourth-order valence-electron chi connectivity index (χ4n) is 2.88. The third-order valence-corrected chi connectivity index (χ3v) is 4.25. The summed E-state index contributed by atoms with van der Waals surface area (Å²) in [5.74, 6) is -0.824. The largest absolute Gasteiger partial charge is 0.384 e. The third-order valence-electron chi connectivity index (χ3n) is 3.89. The van der Waals surface area contributed by atoms with Crippen LogP contribution in [0.15, 0.2) is 53.9 Å². The van der Waals surface area contributed by atoms with Gasteiger partial charge in [-0.3, -0.25) is 0 Å². The summed E-state index contributed by atoms with van der Waals surface area (Å²) in [5, 5.41) is 23.8. The van der Waals surface area contributed by atoms with Crippen molar-refractivity contribution in [3.8, 4) is 12.1 Å². The van der Waals surface area contributed by atoms with Crippen molar-refractivity contribution < 1.29 is 0 Å². The van der Waals surface area contributed by atoms with E-state index in [-0.39, 0.29) is 5.82 Å². The summed E-state index contributed by atoms with van der Waals surface area (Å²) in [7, 11) is 0. The maximum Gasteiger partial charge on any atom is 0.116 e. The minimum absolute atomic E-state index is 0.233. The van der Waals surface area contributed by atoms with Gasteiger partial charge in [-0.2, -0.15) is 10.5 Å². The van der Waals surface area contributed by atoms with Crippen LogP contribution in [0.1, 0.15) is 11.5 Å². The molecule has 3 N–H and O–H groups in total. The highest BCUT2D eigenvalue weighted by Gasteiger charge is 2.36. The van der Waals surface area contributed by atoms with Crippen molar-refractivity contribution in [3.05, 3.63) is 59.4 Å². The van der Waals surface area contributed by atoms with E-state index < -0.39 is 11.8 Å². The number of thiocarbonyl (C=S) groups is 1. The van der Waals surface area contributed by atoms with Crippen molar-refractivity contribution in [3.63, 3.8) is 0 Å². The molecule has 0 aliphatic carbocycles. The maximum absolute atomic E-state index is 9.51. The first-order valence-electron chi connectivity index (χ1n) is 6.75. The van der Waals surface area contributed by atoms with Crippen LogP contribution in [0, 0.1) is 28.6 Å². The highest BCUT2D eigenvalue weighted by molar-refractivity contribution is 7.80. The van der Waals surface area contributed by atoms with Crippen molar-refractivity contribution in [2.45, 2.75) is 5.92 Å². The first-order chi connectivity index (χ1) is 10.7. The molecule has 4 nitrogen and oxygen atoms in total. The Hall–Kier alpha value is -2.89. The lowest BCUT2D eigenvalue weighted by molar-refractivity contribution is 0.685. The Morgan fingerprint density at radius 1 is 1.09 bits per heavy atom. The van der Waals surface area contributed by atoms with Crippen LogP contribution in [0.5, 0.6) is 0 Å². The summed E-state index contributed by atoms with van der Waals surface area (Å²) >= 11 is 5.25. The second-order valence-electron chi connectivity index (χ2n) is 5.08. The van der Waals surface area contributed by atoms with Crippen LogP contribution in [-0.4, -0.2) is 4.99 Å². The molecule has 1 aliphatic heterocycles. The molecule has 22 heavy (non-hydrogen) atoms. The zero-order valence-corrected chi connectivity index (χ0v) is 12.4. The van der Waals surface area contributed by atoms with E-state index in [9.17, 15) is 10.5 Å². The number of hydrogen-bond donors (Lipinski definition) is 2. The van der Waals surface area contributed by atoms with Crippen LogP contribution in [0.25, 0.3) is 10.8 Å². The predicted molar refractivity (Wildman–Crippen MR) is 88.4 cm³/mol. The lowest BCUT2D eigenvalue weighted by atomic mass is 9.77. The number of rotatable bonds is 1. The molecule has 0 saturated carbocycles. The van der Waals surface area contributed by atoms with Crippen LogP contribution >= 0.6 is 12.2 Å². The zero-order chi connectivity index (χ0) is 15.7. The number of nitrogens with one attached hydrogen (secondary N) is 1. The maximum atomic E-state index is 9.51. The fraction of sp³-hybridized carbons (Fsp3) is 0.118. The molecular weight excluding hydrogens is 292 g/mol. The van der Waals surface area contributed by atoms with E-state index in [1.165, 1.54) is 0 Å². The number of nitriles is 2. The Labute approximate surface area is 133 Å². The van der Waals surface area contributed by atoms with Crippen molar-refractivity contribution in [1.29, 1.82) is 10.5 Å². The van der Waals surface area contributed by atoms with Gasteiger partial charge in [0.2, 0.25) is 0 Å². The van der Waals surface area contributed by atoms with E-state index in [0.717, 1.165) is 16.3 Å². The minimum Gasteiger partial charge on any atom is -0.384 e. The minimum atomic E-state index is -0.609. The fourth-order valence-corrected chi connectivity index (χ4v) is 3.18. The number of allylic oxidation sites excluding steroid dienone is 1. The Balaban J connectivity index is 2.31. The van der Waals surface area contributed by atoms with Gasteiger partial charge >= 0.3 is 0 Å². The number of nitrogens with zero attached hydrogens (tertiary/aromatic N) is 2. The molecule has 0 saturated heterocycles. The molecule has 0 amide bonds. The van der Waals surface area contributed by atoms with Gasteiger partial charge in [-0.05, 0) is 16.3 Å². The van der Waals surface area contributed by atoms with Crippen LogP contribution < -0.4 is 11.1 Å². The van der Waals surface area contributed by atoms with Gasteiger partial charge in [0.1, 0.15) is 11.7 Å². The van der Waals surface area contributed by atoms with Gasteiger partial charge in [0.25, 0.3) is 0 Å². The Kier molecular flexibility index (Phi) is 3.50. The quantitative estimate of drug-likeness (QED) is 0.791. The Morgan fingerprint density at radius 3 is 2.55 bits per heavy atom. The van der Waals surface area contributed by atoms with Gasteiger partial charge in [-0.1, -0.05) is 54.7 Å². The molecule has 0 radical (unpaired) electrons. The highest BCUT2D eigenvalue weighted by atomic mass is 32.1. The molecule has 2 unspecified atom stereocenters. The molecule has 1 heterocycles. The number of fused-ring (bicyclic) bond motifs is 1. The van der Waals surface area contributed by atoms with Gasteiger partial charge in [0.15, 0.2) is 0 Å². The molecule has 0 aromatic heterocycles. The Bertz CT molecular complexity index is 880. The second kappa shape index (κ2) is 5.48. The van der Waals surface area contributed by atoms with E-state index in [1.54, 1.807) is 0 Å². The SMILES string of the molecule is N#CC1=C(N)NC(=S)C(C#N)C1c1cccc2ccccc12. The number of nitrogens with two attached hydrogens (primary N) is 1. The molecule has 2 aromatic carbocycles. The molecule has 106 valence electrons. The summed E-state index contributed by atoms with van der Waals surface area (Å²) in [6, 6.07) is 18.1. The van der Waals surface area contributed by atoms with E-state index in [4.69, 9.17) is 18.0 Å². The zero-order valence-electron chi connectivity index (χ0n) is 11.6. The van der Waals surface area contributed by atoms with Crippen LogP contribution in [0.2, 0.25) is 0 Å². The van der Waals surface area contributed by atoms with Crippen LogP contribution in [0.4, 0.5) is 0 Å². The van der Waals surface area contributed by atoms with E-state index in [2.05, 4.69) is 17.5 Å². The van der Waals surface area contributed by atoms with Crippen molar-refractivity contribution in [2.24, 2.45) is 11.7 Å². The van der Waals surface area contributed by atoms with Crippen molar-refractivity contribution in [2.75, 3.05) is 0 Å². The standard InChI is InChI=1S/C17H12N4S/c18-8-13-15(14(9-19)17(22)21-16(13)20)12-7-3-5-10-4-1-2-6-11(10)12/h1-7,14-15H,20H2,(H,21,22). The van der Waals surface area contributed by atoms with Crippen molar-refractivity contribution >= 4 is 28.0 Å². The summed E-state index contributed by atoms with van der Waals surface area (Å²) in [4.78, 5) is 0.358. The average molecular weight is 304 g/mol. The summed E-state index contributed by atoms with van der Waals surface area (Å²) in [6.45, 7) is 0. The lowest BCUT2D eigenvalue weighted by Gasteiger charge is -2.30. The van der Waals surface area contributed by atoms with Crippen LogP contribution in [0.3, 0.4) is 0 Å². The first-order valence-corrected chi connectivity index (χ1v) is 7.16. The normalized spacial score (nSPS) is 21.1. The molecular formula is C17H12N4S.